The monoisotopic (exact) mass is 286 g/mol. The lowest BCUT2D eigenvalue weighted by Crippen LogP contribution is -2.40. The van der Waals surface area contributed by atoms with E-state index in [4.69, 9.17) is 0 Å². The molecular formula is C15H18N4O2. The van der Waals surface area contributed by atoms with Gasteiger partial charge in [-0.15, -0.1) is 0 Å². The molecule has 1 aliphatic carbocycles. The lowest BCUT2D eigenvalue weighted by atomic mass is 9.94. The van der Waals surface area contributed by atoms with Crippen LogP contribution in [0.25, 0.3) is 5.65 Å². The first-order valence-electron chi connectivity index (χ1n) is 7.45. The van der Waals surface area contributed by atoms with Gasteiger partial charge < -0.3 is 10.0 Å². The Morgan fingerprint density at radius 2 is 2.24 bits per heavy atom. The van der Waals surface area contributed by atoms with E-state index in [0.29, 0.717) is 5.92 Å². The van der Waals surface area contributed by atoms with Crippen LogP contribution in [-0.4, -0.2) is 38.3 Å². The van der Waals surface area contributed by atoms with Gasteiger partial charge in [-0.05, 0) is 49.3 Å². The van der Waals surface area contributed by atoms with Crippen molar-refractivity contribution in [2.75, 3.05) is 11.4 Å². The van der Waals surface area contributed by atoms with Gasteiger partial charge in [-0.3, -0.25) is 0 Å². The molecule has 2 aromatic rings. The number of nitrogens with zero attached hydrogens (tertiary/aromatic N) is 4. The standard InChI is InChI=1S/C15H18N4O2/c1-9-5-12-16-8-17-19(12)13(6-9)18-7-10-3-2-4-11(10)14(18)15(20)21/h5-6,8,10-11,14H,2-4,7H2,1H3,(H,20,21). The number of aliphatic carboxylic acids is 1. The molecule has 4 rings (SSSR count). The molecule has 0 bridgehead atoms. The number of aryl methyl sites for hydroxylation is 1. The number of carboxylic acid groups (broad SMARTS) is 1. The molecule has 3 heterocycles. The molecule has 0 amide bonds. The van der Waals surface area contributed by atoms with Crippen LogP contribution in [0.4, 0.5) is 5.82 Å². The summed E-state index contributed by atoms with van der Waals surface area (Å²) >= 11 is 0. The zero-order valence-corrected chi connectivity index (χ0v) is 11.9. The summed E-state index contributed by atoms with van der Waals surface area (Å²) in [5.74, 6) is 0.884. The van der Waals surface area contributed by atoms with Crippen molar-refractivity contribution in [2.45, 2.75) is 32.2 Å². The van der Waals surface area contributed by atoms with Crippen molar-refractivity contribution < 1.29 is 9.90 Å². The maximum Gasteiger partial charge on any atom is 0.326 e. The Balaban J connectivity index is 1.84. The molecule has 0 spiro atoms. The number of carbonyl (C=O) groups is 1. The molecule has 1 saturated heterocycles. The second-order valence-corrected chi connectivity index (χ2v) is 6.21. The summed E-state index contributed by atoms with van der Waals surface area (Å²) in [5.41, 5.74) is 1.85. The molecule has 21 heavy (non-hydrogen) atoms. The second kappa shape index (κ2) is 4.44. The van der Waals surface area contributed by atoms with E-state index in [1.807, 2.05) is 24.0 Å². The molecule has 2 fully saturated rings. The van der Waals surface area contributed by atoms with E-state index in [2.05, 4.69) is 10.1 Å². The summed E-state index contributed by atoms with van der Waals surface area (Å²) in [6.45, 7) is 2.81. The molecule has 0 radical (unpaired) electrons. The average Bonchev–Trinajstić information content (AvgIpc) is 3.10. The summed E-state index contributed by atoms with van der Waals surface area (Å²) < 4.78 is 1.75. The predicted octanol–water partition coefficient (Wildman–Crippen LogP) is 1.73. The maximum absolute atomic E-state index is 11.8. The third kappa shape index (κ3) is 1.81. The fourth-order valence-electron chi connectivity index (χ4n) is 4.10. The Labute approximate surface area is 122 Å². The summed E-state index contributed by atoms with van der Waals surface area (Å²) in [6.07, 6.45) is 4.83. The first-order chi connectivity index (χ1) is 10.1. The number of fused-ring (bicyclic) bond motifs is 2. The smallest absolute Gasteiger partial charge is 0.326 e. The van der Waals surface area contributed by atoms with Crippen LogP contribution in [0.1, 0.15) is 24.8 Å². The highest BCUT2D eigenvalue weighted by molar-refractivity contribution is 5.79. The number of pyridine rings is 1. The highest BCUT2D eigenvalue weighted by Crippen LogP contribution is 2.44. The van der Waals surface area contributed by atoms with E-state index in [0.717, 1.165) is 42.8 Å². The van der Waals surface area contributed by atoms with Crippen LogP contribution in [0.3, 0.4) is 0 Å². The molecule has 110 valence electrons. The van der Waals surface area contributed by atoms with Gasteiger partial charge in [0.2, 0.25) is 0 Å². The first kappa shape index (κ1) is 12.6. The van der Waals surface area contributed by atoms with Crippen LogP contribution >= 0.6 is 0 Å². The van der Waals surface area contributed by atoms with Crippen LogP contribution in [-0.2, 0) is 4.79 Å². The first-order valence-corrected chi connectivity index (χ1v) is 7.45. The van der Waals surface area contributed by atoms with E-state index < -0.39 is 12.0 Å². The van der Waals surface area contributed by atoms with Gasteiger partial charge in [-0.1, -0.05) is 6.42 Å². The summed E-state index contributed by atoms with van der Waals surface area (Å²) in [4.78, 5) is 18.1. The number of anilines is 1. The Kier molecular flexibility index (Phi) is 2.67. The van der Waals surface area contributed by atoms with Crippen LogP contribution in [0.5, 0.6) is 0 Å². The van der Waals surface area contributed by atoms with Crippen molar-refractivity contribution in [3.8, 4) is 0 Å². The van der Waals surface area contributed by atoms with Crippen LogP contribution in [0.2, 0.25) is 0 Å². The Bertz CT molecular complexity index is 711. The fraction of sp³-hybridized carbons (Fsp3) is 0.533. The van der Waals surface area contributed by atoms with E-state index in [1.165, 1.54) is 6.33 Å². The van der Waals surface area contributed by atoms with Gasteiger partial charge in [0.25, 0.3) is 0 Å². The SMILES string of the molecule is Cc1cc(N2CC3CCCC3C2C(=O)O)n2ncnc2c1. The highest BCUT2D eigenvalue weighted by atomic mass is 16.4. The number of aromatic nitrogens is 3. The van der Waals surface area contributed by atoms with Crippen molar-refractivity contribution in [1.29, 1.82) is 0 Å². The molecule has 1 saturated carbocycles. The third-order valence-corrected chi connectivity index (χ3v) is 4.94. The molecule has 3 atom stereocenters. The van der Waals surface area contributed by atoms with Gasteiger partial charge >= 0.3 is 5.97 Å². The second-order valence-electron chi connectivity index (χ2n) is 6.21. The number of carboxylic acids is 1. The van der Waals surface area contributed by atoms with Crippen molar-refractivity contribution >= 4 is 17.4 Å². The molecule has 1 aliphatic heterocycles. The minimum absolute atomic E-state index is 0.265. The van der Waals surface area contributed by atoms with Crippen molar-refractivity contribution in [3.05, 3.63) is 24.0 Å². The summed E-state index contributed by atoms with van der Waals surface area (Å²) in [5, 5.41) is 14.0. The molecule has 1 N–H and O–H groups in total. The maximum atomic E-state index is 11.8. The highest BCUT2D eigenvalue weighted by Gasteiger charge is 2.48. The van der Waals surface area contributed by atoms with Gasteiger partial charge in [0.05, 0.1) is 0 Å². The Morgan fingerprint density at radius 1 is 1.38 bits per heavy atom. The minimum Gasteiger partial charge on any atom is -0.480 e. The lowest BCUT2D eigenvalue weighted by Gasteiger charge is -2.26. The Morgan fingerprint density at radius 3 is 3.05 bits per heavy atom. The van der Waals surface area contributed by atoms with E-state index in [9.17, 15) is 9.90 Å². The third-order valence-electron chi connectivity index (χ3n) is 4.94. The fourth-order valence-corrected chi connectivity index (χ4v) is 4.10. The molecule has 6 nitrogen and oxygen atoms in total. The summed E-state index contributed by atoms with van der Waals surface area (Å²) in [7, 11) is 0. The quantitative estimate of drug-likeness (QED) is 0.910. The largest absolute Gasteiger partial charge is 0.480 e. The van der Waals surface area contributed by atoms with Crippen molar-refractivity contribution in [3.63, 3.8) is 0 Å². The topological polar surface area (TPSA) is 70.7 Å². The number of rotatable bonds is 2. The van der Waals surface area contributed by atoms with Crippen molar-refractivity contribution in [2.24, 2.45) is 11.8 Å². The number of hydrogen-bond acceptors (Lipinski definition) is 4. The van der Waals surface area contributed by atoms with Gasteiger partial charge in [-0.25, -0.2) is 9.78 Å². The lowest BCUT2D eigenvalue weighted by molar-refractivity contribution is -0.139. The molecule has 2 aromatic heterocycles. The molecule has 0 aromatic carbocycles. The van der Waals surface area contributed by atoms with Crippen LogP contribution in [0, 0.1) is 18.8 Å². The molecule has 3 unspecified atom stereocenters. The molecular weight excluding hydrogens is 268 g/mol. The predicted molar refractivity (Wildman–Crippen MR) is 77.3 cm³/mol. The normalized spacial score (nSPS) is 28.2. The van der Waals surface area contributed by atoms with Gasteiger partial charge in [0.1, 0.15) is 18.2 Å². The van der Waals surface area contributed by atoms with E-state index >= 15 is 0 Å². The van der Waals surface area contributed by atoms with Gasteiger partial charge in [0.15, 0.2) is 5.65 Å². The van der Waals surface area contributed by atoms with Gasteiger partial charge in [0, 0.05) is 6.54 Å². The Hall–Kier alpha value is -2.11. The zero-order valence-electron chi connectivity index (χ0n) is 11.9. The van der Waals surface area contributed by atoms with Crippen molar-refractivity contribution in [1.82, 2.24) is 14.6 Å². The number of hydrogen-bond donors (Lipinski definition) is 1. The zero-order chi connectivity index (χ0) is 14.6. The van der Waals surface area contributed by atoms with E-state index in [1.54, 1.807) is 4.52 Å². The minimum atomic E-state index is -0.723. The average molecular weight is 286 g/mol. The van der Waals surface area contributed by atoms with Crippen LogP contribution < -0.4 is 4.90 Å². The molecule has 2 aliphatic rings. The van der Waals surface area contributed by atoms with E-state index in [-0.39, 0.29) is 5.92 Å². The van der Waals surface area contributed by atoms with Crippen LogP contribution in [0.15, 0.2) is 18.5 Å². The molecule has 6 heteroatoms. The van der Waals surface area contributed by atoms with Gasteiger partial charge in [-0.2, -0.15) is 9.61 Å². The summed E-state index contributed by atoms with van der Waals surface area (Å²) in [6, 6.07) is 3.54.